The molecule has 0 unspecified atom stereocenters. The van der Waals surface area contributed by atoms with Crippen molar-refractivity contribution < 1.29 is 23.7 Å². The molecule has 0 aliphatic carbocycles. The zero-order valence-corrected chi connectivity index (χ0v) is 17.4. The fourth-order valence-electron chi connectivity index (χ4n) is 3.18. The molecule has 0 atom stereocenters. The number of non-ortho nitro benzene ring substituents is 1. The van der Waals surface area contributed by atoms with Crippen molar-refractivity contribution in [2.75, 3.05) is 12.0 Å². The van der Waals surface area contributed by atoms with Crippen molar-refractivity contribution in [3.63, 3.8) is 0 Å². The van der Waals surface area contributed by atoms with Crippen LogP contribution in [0.1, 0.15) is 5.76 Å². The molecule has 0 radical (unpaired) electrons. The lowest BCUT2D eigenvalue weighted by Crippen LogP contribution is -2.54. The van der Waals surface area contributed by atoms with Crippen molar-refractivity contribution in [3.05, 3.63) is 82.1 Å². The zero-order chi connectivity index (χ0) is 22.8. The quantitative estimate of drug-likeness (QED) is 0.208. The van der Waals surface area contributed by atoms with E-state index in [1.807, 2.05) is 0 Å². The number of hydrogen-bond donors (Lipinski definition) is 1. The minimum absolute atomic E-state index is 0.0147. The smallest absolute Gasteiger partial charge is 0.273 e. The van der Waals surface area contributed by atoms with E-state index in [0.29, 0.717) is 17.0 Å². The van der Waals surface area contributed by atoms with Crippen LogP contribution in [0.25, 0.3) is 17.4 Å². The van der Waals surface area contributed by atoms with Gasteiger partial charge in [0.1, 0.15) is 22.8 Å². The van der Waals surface area contributed by atoms with E-state index in [9.17, 15) is 19.7 Å². The minimum atomic E-state index is -0.641. The summed E-state index contributed by atoms with van der Waals surface area (Å²) in [5, 5.41) is 13.5. The van der Waals surface area contributed by atoms with Gasteiger partial charge in [-0.05, 0) is 48.6 Å². The highest BCUT2D eigenvalue weighted by molar-refractivity contribution is 7.80. The van der Waals surface area contributed by atoms with Gasteiger partial charge in [-0.3, -0.25) is 29.9 Å². The number of anilines is 1. The number of para-hydroxylation sites is 1. The summed E-state index contributed by atoms with van der Waals surface area (Å²) in [4.78, 5) is 37.1. The molecular formula is C22H15N3O6S. The number of carbonyl (C=O) groups excluding carboxylic acids is 2. The lowest BCUT2D eigenvalue weighted by atomic mass is 10.1. The van der Waals surface area contributed by atoms with Crippen LogP contribution in [0.3, 0.4) is 0 Å². The fourth-order valence-corrected chi connectivity index (χ4v) is 3.46. The number of methoxy groups -OCH3 is 1. The lowest BCUT2D eigenvalue weighted by Gasteiger charge is -2.28. The van der Waals surface area contributed by atoms with Crippen LogP contribution < -0.4 is 15.0 Å². The van der Waals surface area contributed by atoms with Crippen molar-refractivity contribution in [3.8, 4) is 17.1 Å². The molecule has 2 aromatic carbocycles. The van der Waals surface area contributed by atoms with Gasteiger partial charge in [0.2, 0.25) is 0 Å². The molecule has 3 aromatic rings. The Labute approximate surface area is 187 Å². The summed E-state index contributed by atoms with van der Waals surface area (Å²) in [7, 11) is 1.39. The molecular weight excluding hydrogens is 434 g/mol. The predicted molar refractivity (Wildman–Crippen MR) is 120 cm³/mol. The first-order valence-electron chi connectivity index (χ1n) is 9.28. The van der Waals surface area contributed by atoms with E-state index in [2.05, 4.69) is 5.32 Å². The summed E-state index contributed by atoms with van der Waals surface area (Å²) in [6.45, 7) is 0. The van der Waals surface area contributed by atoms with Gasteiger partial charge in [0.25, 0.3) is 17.5 Å². The van der Waals surface area contributed by atoms with Gasteiger partial charge in [-0.2, -0.15) is 0 Å². The number of ether oxygens (including phenoxy) is 1. The average Bonchev–Trinajstić information content (AvgIpc) is 3.25. The van der Waals surface area contributed by atoms with E-state index in [0.717, 1.165) is 0 Å². The molecule has 9 nitrogen and oxygen atoms in total. The maximum atomic E-state index is 13.0. The Morgan fingerprint density at radius 1 is 1.12 bits per heavy atom. The second-order valence-corrected chi connectivity index (χ2v) is 7.02. The first-order chi connectivity index (χ1) is 15.4. The van der Waals surface area contributed by atoms with Crippen LogP contribution in [0.4, 0.5) is 11.4 Å². The standard InChI is InChI=1S/C22H15N3O6S/c1-30-19-11-14(25(28)29)7-9-16(19)18-10-8-15(31-18)12-17-20(26)23-22(32)24(21(17)27)13-5-3-2-4-6-13/h2-12H,1H3,(H,23,26,32). The maximum absolute atomic E-state index is 13.0. The Morgan fingerprint density at radius 2 is 1.88 bits per heavy atom. The molecule has 1 fully saturated rings. The summed E-state index contributed by atoms with van der Waals surface area (Å²) < 4.78 is 11.0. The molecule has 1 aliphatic heterocycles. The van der Waals surface area contributed by atoms with Gasteiger partial charge in [-0.25, -0.2) is 0 Å². The van der Waals surface area contributed by atoms with Crippen molar-refractivity contribution >= 4 is 46.6 Å². The number of amides is 2. The Bertz CT molecular complexity index is 1280. The predicted octanol–water partition coefficient (Wildman–Crippen LogP) is 3.69. The maximum Gasteiger partial charge on any atom is 0.273 e. The van der Waals surface area contributed by atoms with Gasteiger partial charge in [0.15, 0.2) is 5.11 Å². The monoisotopic (exact) mass is 449 g/mol. The highest BCUT2D eigenvalue weighted by atomic mass is 32.1. The molecule has 1 aliphatic rings. The van der Waals surface area contributed by atoms with Crippen LogP contribution in [-0.2, 0) is 9.59 Å². The van der Waals surface area contributed by atoms with Gasteiger partial charge in [0, 0.05) is 6.07 Å². The molecule has 160 valence electrons. The Hall–Kier alpha value is -4.31. The topological polar surface area (TPSA) is 115 Å². The molecule has 0 bridgehead atoms. The lowest BCUT2D eigenvalue weighted by molar-refractivity contribution is -0.384. The van der Waals surface area contributed by atoms with Crippen LogP contribution in [0.5, 0.6) is 5.75 Å². The van der Waals surface area contributed by atoms with E-state index >= 15 is 0 Å². The van der Waals surface area contributed by atoms with Gasteiger partial charge in [-0.1, -0.05) is 18.2 Å². The molecule has 4 rings (SSSR count). The summed E-state index contributed by atoms with van der Waals surface area (Å²) >= 11 is 5.17. The van der Waals surface area contributed by atoms with Gasteiger partial charge >= 0.3 is 0 Å². The summed E-state index contributed by atoms with van der Waals surface area (Å²) in [5.41, 5.74) is 0.721. The largest absolute Gasteiger partial charge is 0.496 e. The number of nitro groups is 1. The summed E-state index contributed by atoms with van der Waals surface area (Å²) in [6.07, 6.45) is 1.32. The summed E-state index contributed by atoms with van der Waals surface area (Å²) in [5.74, 6) is -0.392. The van der Waals surface area contributed by atoms with Crippen LogP contribution in [0, 0.1) is 10.1 Å². The number of nitro benzene ring substituents is 1. The van der Waals surface area contributed by atoms with E-state index in [1.165, 1.54) is 36.3 Å². The molecule has 2 heterocycles. The number of rotatable bonds is 5. The molecule has 2 amide bonds. The first-order valence-corrected chi connectivity index (χ1v) is 9.69. The van der Waals surface area contributed by atoms with Gasteiger partial charge < -0.3 is 9.15 Å². The number of nitrogens with zero attached hydrogens (tertiary/aromatic N) is 2. The Kier molecular flexibility index (Phi) is 5.52. The number of thiocarbonyl (C=S) groups is 1. The van der Waals surface area contributed by atoms with E-state index < -0.39 is 16.7 Å². The van der Waals surface area contributed by atoms with Crippen molar-refractivity contribution in [2.24, 2.45) is 0 Å². The van der Waals surface area contributed by atoms with Crippen LogP contribution >= 0.6 is 12.2 Å². The second-order valence-electron chi connectivity index (χ2n) is 6.64. The molecule has 1 saturated heterocycles. The molecule has 10 heteroatoms. The fraction of sp³-hybridized carbons (Fsp3) is 0.0455. The van der Waals surface area contributed by atoms with E-state index in [-0.39, 0.29) is 27.9 Å². The van der Waals surface area contributed by atoms with Crippen molar-refractivity contribution in [2.45, 2.75) is 0 Å². The van der Waals surface area contributed by atoms with Gasteiger partial charge in [0.05, 0.1) is 29.4 Å². The highest BCUT2D eigenvalue weighted by Crippen LogP contribution is 2.34. The van der Waals surface area contributed by atoms with Crippen LogP contribution in [0.2, 0.25) is 0 Å². The molecule has 32 heavy (non-hydrogen) atoms. The third-order valence-electron chi connectivity index (χ3n) is 4.69. The second kappa shape index (κ2) is 8.44. The number of hydrogen-bond acceptors (Lipinski definition) is 7. The number of furan rings is 1. The van der Waals surface area contributed by atoms with Crippen LogP contribution in [-0.4, -0.2) is 29.0 Å². The van der Waals surface area contributed by atoms with E-state index in [1.54, 1.807) is 42.5 Å². The molecule has 0 spiro atoms. The van der Waals surface area contributed by atoms with Crippen molar-refractivity contribution in [1.29, 1.82) is 0 Å². The average molecular weight is 449 g/mol. The molecule has 1 aromatic heterocycles. The number of nitrogens with one attached hydrogen (secondary N) is 1. The Balaban J connectivity index is 1.68. The highest BCUT2D eigenvalue weighted by Gasteiger charge is 2.34. The number of carbonyl (C=O) groups is 2. The zero-order valence-electron chi connectivity index (χ0n) is 16.6. The normalized spacial score (nSPS) is 15.1. The summed E-state index contributed by atoms with van der Waals surface area (Å²) in [6, 6.07) is 16.0. The van der Waals surface area contributed by atoms with Crippen molar-refractivity contribution in [1.82, 2.24) is 5.32 Å². The minimum Gasteiger partial charge on any atom is -0.496 e. The Morgan fingerprint density at radius 3 is 2.56 bits per heavy atom. The molecule has 1 N–H and O–H groups in total. The number of benzene rings is 2. The molecule has 0 saturated carbocycles. The third kappa shape index (κ3) is 3.86. The van der Waals surface area contributed by atoms with Gasteiger partial charge in [-0.15, -0.1) is 0 Å². The van der Waals surface area contributed by atoms with Crippen LogP contribution in [0.15, 0.2) is 70.7 Å². The SMILES string of the molecule is COc1cc([N+](=O)[O-])ccc1-c1ccc(C=C2C(=O)NC(=S)N(c3ccccc3)C2=O)o1. The first kappa shape index (κ1) is 20.9. The third-order valence-corrected chi connectivity index (χ3v) is 4.98. The van der Waals surface area contributed by atoms with E-state index in [4.69, 9.17) is 21.4 Å².